The topological polar surface area (TPSA) is 15.3 Å². The zero-order valence-corrected chi connectivity index (χ0v) is 14.4. The fourth-order valence-corrected chi connectivity index (χ4v) is 4.68. The van der Waals surface area contributed by atoms with Gasteiger partial charge >= 0.3 is 0 Å². The number of hydrogen-bond donors (Lipinski definition) is 1. The molecule has 19 heavy (non-hydrogen) atoms. The van der Waals surface area contributed by atoms with E-state index in [2.05, 4.69) is 51.7 Å². The highest BCUT2D eigenvalue weighted by Gasteiger charge is 2.23. The van der Waals surface area contributed by atoms with Crippen LogP contribution < -0.4 is 5.32 Å². The van der Waals surface area contributed by atoms with Gasteiger partial charge < -0.3 is 10.2 Å². The van der Waals surface area contributed by atoms with Crippen molar-refractivity contribution in [3.8, 4) is 0 Å². The van der Waals surface area contributed by atoms with Gasteiger partial charge in [-0.25, -0.2) is 0 Å². The number of hydrogen-bond acceptors (Lipinski definition) is 3. The van der Waals surface area contributed by atoms with Crippen molar-refractivity contribution in [2.75, 3.05) is 20.6 Å². The molecule has 2 nitrogen and oxygen atoms in total. The third kappa shape index (κ3) is 4.85. The normalized spacial score (nSPS) is 24.6. The fourth-order valence-electron chi connectivity index (χ4n) is 3.15. The Hall–Kier alpha value is 0.1000. The molecule has 0 amide bonds. The van der Waals surface area contributed by atoms with Crippen LogP contribution in [0.2, 0.25) is 0 Å². The Bertz CT molecular complexity index is 380. The number of halogens is 1. The minimum absolute atomic E-state index is 0.708. The van der Waals surface area contributed by atoms with Crippen molar-refractivity contribution in [3.05, 3.63) is 20.8 Å². The van der Waals surface area contributed by atoms with Crippen LogP contribution in [0.25, 0.3) is 0 Å². The Morgan fingerprint density at radius 3 is 2.84 bits per heavy atom. The summed E-state index contributed by atoms with van der Waals surface area (Å²) >= 11 is 5.38. The Balaban J connectivity index is 1.87. The standard InChI is InChI=1S/C15H25BrN2S/c1-17-15-7-5-3-4-6-12(15)9-18(2)10-14-8-13(16)11-19-14/h8,11-12,15,17H,3-7,9-10H2,1-2H3. The van der Waals surface area contributed by atoms with Crippen LogP contribution in [-0.2, 0) is 6.54 Å². The third-order valence-electron chi connectivity index (χ3n) is 4.12. The van der Waals surface area contributed by atoms with E-state index in [1.807, 2.05) is 11.3 Å². The third-order valence-corrected chi connectivity index (χ3v) is 5.81. The molecule has 0 aliphatic heterocycles. The van der Waals surface area contributed by atoms with Gasteiger partial charge in [0.15, 0.2) is 0 Å². The maximum atomic E-state index is 3.54. The summed E-state index contributed by atoms with van der Waals surface area (Å²) in [7, 11) is 4.38. The van der Waals surface area contributed by atoms with E-state index in [9.17, 15) is 0 Å². The lowest BCUT2D eigenvalue weighted by molar-refractivity contribution is 0.225. The highest BCUT2D eigenvalue weighted by Crippen LogP contribution is 2.25. The second-order valence-corrected chi connectivity index (χ2v) is 7.63. The van der Waals surface area contributed by atoms with E-state index in [-0.39, 0.29) is 0 Å². The van der Waals surface area contributed by atoms with Gasteiger partial charge in [0.1, 0.15) is 0 Å². The maximum Gasteiger partial charge on any atom is 0.0325 e. The van der Waals surface area contributed by atoms with Gasteiger partial charge in [-0.2, -0.15) is 0 Å². The van der Waals surface area contributed by atoms with E-state index in [4.69, 9.17) is 0 Å². The van der Waals surface area contributed by atoms with Crippen LogP contribution in [0.1, 0.15) is 37.0 Å². The lowest BCUT2D eigenvalue weighted by Gasteiger charge is -2.29. The van der Waals surface area contributed by atoms with Gasteiger partial charge in [0, 0.05) is 33.9 Å². The van der Waals surface area contributed by atoms with Crippen LogP contribution >= 0.6 is 27.3 Å². The summed E-state index contributed by atoms with van der Waals surface area (Å²) in [5.41, 5.74) is 0. The fraction of sp³-hybridized carbons (Fsp3) is 0.733. The van der Waals surface area contributed by atoms with Gasteiger partial charge in [0.25, 0.3) is 0 Å². The average molecular weight is 345 g/mol. The molecule has 0 radical (unpaired) electrons. The van der Waals surface area contributed by atoms with E-state index in [1.54, 1.807) is 0 Å². The number of nitrogens with zero attached hydrogens (tertiary/aromatic N) is 1. The second-order valence-electron chi connectivity index (χ2n) is 5.72. The largest absolute Gasteiger partial charge is 0.317 e. The van der Waals surface area contributed by atoms with Gasteiger partial charge in [-0.15, -0.1) is 11.3 Å². The van der Waals surface area contributed by atoms with Crippen LogP contribution in [0.5, 0.6) is 0 Å². The summed E-state index contributed by atoms with van der Waals surface area (Å²) < 4.78 is 1.21. The summed E-state index contributed by atoms with van der Waals surface area (Å²) in [5, 5.41) is 5.71. The zero-order chi connectivity index (χ0) is 13.7. The highest BCUT2D eigenvalue weighted by atomic mass is 79.9. The Morgan fingerprint density at radius 1 is 1.37 bits per heavy atom. The number of rotatable bonds is 5. The molecule has 0 aromatic carbocycles. The molecule has 2 unspecified atom stereocenters. The van der Waals surface area contributed by atoms with Crippen LogP contribution in [-0.4, -0.2) is 31.6 Å². The number of thiophene rings is 1. The van der Waals surface area contributed by atoms with E-state index < -0.39 is 0 Å². The van der Waals surface area contributed by atoms with E-state index in [1.165, 1.54) is 48.0 Å². The van der Waals surface area contributed by atoms with Gasteiger partial charge in [-0.1, -0.05) is 19.3 Å². The van der Waals surface area contributed by atoms with Gasteiger partial charge in [0.05, 0.1) is 0 Å². The molecule has 1 aliphatic carbocycles. The molecule has 1 heterocycles. The van der Waals surface area contributed by atoms with E-state index in [0.29, 0.717) is 6.04 Å². The average Bonchev–Trinajstić information content (AvgIpc) is 2.65. The molecule has 0 spiro atoms. The number of nitrogens with one attached hydrogen (secondary N) is 1. The predicted molar refractivity (Wildman–Crippen MR) is 87.8 cm³/mol. The lowest BCUT2D eigenvalue weighted by atomic mass is 9.94. The molecular formula is C15H25BrN2S. The van der Waals surface area contributed by atoms with Crippen LogP contribution in [0.15, 0.2) is 15.9 Å². The van der Waals surface area contributed by atoms with Crippen LogP contribution in [0, 0.1) is 5.92 Å². The molecule has 1 aromatic heterocycles. The first kappa shape index (κ1) is 15.5. The molecule has 1 saturated carbocycles. The lowest BCUT2D eigenvalue weighted by Crippen LogP contribution is -2.39. The first-order valence-corrected chi connectivity index (χ1v) is 8.95. The van der Waals surface area contributed by atoms with Crippen LogP contribution in [0.3, 0.4) is 0 Å². The van der Waals surface area contributed by atoms with Gasteiger partial charge in [0.2, 0.25) is 0 Å². The van der Waals surface area contributed by atoms with Crippen molar-refractivity contribution < 1.29 is 0 Å². The Morgan fingerprint density at radius 2 is 2.16 bits per heavy atom. The van der Waals surface area contributed by atoms with Crippen molar-refractivity contribution >= 4 is 27.3 Å². The smallest absolute Gasteiger partial charge is 0.0325 e. The van der Waals surface area contributed by atoms with Crippen molar-refractivity contribution in [1.82, 2.24) is 10.2 Å². The molecule has 1 N–H and O–H groups in total. The molecule has 108 valence electrons. The molecule has 4 heteroatoms. The first-order valence-electron chi connectivity index (χ1n) is 7.27. The molecular weight excluding hydrogens is 320 g/mol. The molecule has 0 saturated heterocycles. The minimum Gasteiger partial charge on any atom is -0.317 e. The molecule has 2 rings (SSSR count). The Labute approximate surface area is 129 Å². The molecule has 1 aliphatic rings. The summed E-state index contributed by atoms with van der Waals surface area (Å²) in [6, 6.07) is 2.95. The quantitative estimate of drug-likeness (QED) is 0.808. The molecule has 2 atom stereocenters. The van der Waals surface area contributed by atoms with Crippen molar-refractivity contribution in [2.24, 2.45) is 5.92 Å². The highest BCUT2D eigenvalue weighted by molar-refractivity contribution is 9.10. The summed E-state index contributed by atoms with van der Waals surface area (Å²) in [5.74, 6) is 0.806. The molecule has 1 fully saturated rings. The minimum atomic E-state index is 0.708. The summed E-state index contributed by atoms with van der Waals surface area (Å²) in [4.78, 5) is 3.93. The van der Waals surface area contributed by atoms with Crippen LogP contribution in [0.4, 0.5) is 0 Å². The van der Waals surface area contributed by atoms with E-state index >= 15 is 0 Å². The molecule has 1 aromatic rings. The summed E-state index contributed by atoms with van der Waals surface area (Å²) in [6.45, 7) is 2.28. The van der Waals surface area contributed by atoms with Crippen molar-refractivity contribution in [3.63, 3.8) is 0 Å². The first-order chi connectivity index (χ1) is 9.19. The monoisotopic (exact) mass is 344 g/mol. The predicted octanol–water partition coefficient (Wildman–Crippen LogP) is 4.11. The summed E-state index contributed by atoms with van der Waals surface area (Å²) in [6.07, 6.45) is 6.94. The van der Waals surface area contributed by atoms with Gasteiger partial charge in [-0.3, -0.25) is 0 Å². The Kier molecular flexibility index (Phi) is 6.33. The van der Waals surface area contributed by atoms with Crippen molar-refractivity contribution in [2.45, 2.75) is 44.7 Å². The maximum absolute atomic E-state index is 3.54. The molecule has 0 bridgehead atoms. The van der Waals surface area contributed by atoms with Gasteiger partial charge in [-0.05, 0) is 54.9 Å². The van der Waals surface area contributed by atoms with E-state index in [0.717, 1.165) is 12.5 Å². The van der Waals surface area contributed by atoms with Crippen molar-refractivity contribution in [1.29, 1.82) is 0 Å². The second kappa shape index (κ2) is 7.77. The zero-order valence-electron chi connectivity index (χ0n) is 12.0. The SMILES string of the molecule is CNC1CCCCCC1CN(C)Cc1cc(Br)cs1.